The molecule has 0 aliphatic carbocycles. The van der Waals surface area contributed by atoms with E-state index in [4.69, 9.17) is 0 Å². The van der Waals surface area contributed by atoms with Gasteiger partial charge >= 0.3 is 10.2 Å². The average Bonchev–Trinajstić information content (AvgIpc) is 2.09. The van der Waals surface area contributed by atoms with Crippen LogP contribution in [0.3, 0.4) is 0 Å². The van der Waals surface area contributed by atoms with Crippen LogP contribution in [0.5, 0.6) is 0 Å². The molecule has 0 atom stereocenters. The fourth-order valence-corrected chi connectivity index (χ4v) is 2.14. The Balaban J connectivity index is 3.01. The number of nitrogens with zero attached hydrogens (tertiary/aromatic N) is 1. The molecule has 84 valence electrons. The molecule has 0 bridgehead atoms. The average molecular weight is 293 g/mol. The van der Waals surface area contributed by atoms with E-state index < -0.39 is 10.2 Å². The molecule has 0 unspecified atom stereocenters. The monoisotopic (exact) mass is 292 g/mol. The number of rotatable bonds is 3. The molecule has 0 amide bonds. The second-order valence-corrected chi connectivity index (χ2v) is 6.15. The van der Waals surface area contributed by atoms with Crippen molar-refractivity contribution in [3.63, 3.8) is 0 Å². The summed E-state index contributed by atoms with van der Waals surface area (Å²) in [7, 11) is -0.453. The lowest BCUT2D eigenvalue weighted by Crippen LogP contribution is -2.29. The first-order valence-electron chi connectivity index (χ1n) is 4.29. The Labute approximate surface area is 98.6 Å². The van der Waals surface area contributed by atoms with E-state index in [1.807, 2.05) is 13.0 Å². The Morgan fingerprint density at radius 2 is 1.93 bits per heavy atom. The van der Waals surface area contributed by atoms with Crippen molar-refractivity contribution < 1.29 is 8.42 Å². The van der Waals surface area contributed by atoms with Gasteiger partial charge in [-0.3, -0.25) is 4.72 Å². The minimum atomic E-state index is -3.42. The molecular weight excluding hydrogens is 280 g/mol. The standard InChI is InChI=1S/C9H13BrN2O2S/c1-7-6-8(10)4-5-9(7)11-15(13,14)12(2)3/h4-6,11H,1-3H3. The lowest BCUT2D eigenvalue weighted by molar-refractivity contribution is 0.527. The van der Waals surface area contributed by atoms with Crippen molar-refractivity contribution in [3.05, 3.63) is 28.2 Å². The molecule has 0 aliphatic heterocycles. The van der Waals surface area contributed by atoms with E-state index >= 15 is 0 Å². The zero-order chi connectivity index (χ0) is 11.6. The molecule has 1 N–H and O–H groups in total. The lowest BCUT2D eigenvalue weighted by atomic mass is 10.2. The summed E-state index contributed by atoms with van der Waals surface area (Å²) < 4.78 is 27.6. The Hall–Kier alpha value is -0.590. The summed E-state index contributed by atoms with van der Waals surface area (Å²) in [5.41, 5.74) is 1.46. The van der Waals surface area contributed by atoms with Crippen LogP contribution in [0.4, 0.5) is 5.69 Å². The number of nitrogens with one attached hydrogen (secondary N) is 1. The van der Waals surface area contributed by atoms with E-state index in [1.54, 1.807) is 12.1 Å². The van der Waals surface area contributed by atoms with Gasteiger partial charge in [-0.05, 0) is 30.7 Å². The normalized spacial score (nSPS) is 11.8. The van der Waals surface area contributed by atoms with E-state index in [-0.39, 0.29) is 0 Å². The van der Waals surface area contributed by atoms with E-state index in [2.05, 4.69) is 20.7 Å². The maximum Gasteiger partial charge on any atom is 0.301 e. The largest absolute Gasteiger partial charge is 0.301 e. The topological polar surface area (TPSA) is 49.4 Å². The third-order valence-electron chi connectivity index (χ3n) is 1.91. The van der Waals surface area contributed by atoms with Crippen molar-refractivity contribution >= 4 is 31.8 Å². The highest BCUT2D eigenvalue weighted by atomic mass is 79.9. The van der Waals surface area contributed by atoms with Crippen molar-refractivity contribution in [2.75, 3.05) is 18.8 Å². The number of hydrogen-bond donors (Lipinski definition) is 1. The third kappa shape index (κ3) is 3.19. The van der Waals surface area contributed by atoms with Crippen molar-refractivity contribution in [3.8, 4) is 0 Å². The van der Waals surface area contributed by atoms with Crippen LogP contribution < -0.4 is 4.72 Å². The molecule has 0 saturated carbocycles. The SMILES string of the molecule is Cc1cc(Br)ccc1NS(=O)(=O)N(C)C. The first kappa shape index (κ1) is 12.5. The van der Waals surface area contributed by atoms with Crippen LogP contribution in [0.25, 0.3) is 0 Å². The zero-order valence-corrected chi connectivity index (χ0v) is 11.2. The maximum atomic E-state index is 11.5. The fourth-order valence-electron chi connectivity index (χ4n) is 0.972. The fraction of sp³-hybridized carbons (Fsp3) is 0.333. The van der Waals surface area contributed by atoms with Gasteiger partial charge in [0.25, 0.3) is 0 Å². The molecule has 0 saturated heterocycles. The Morgan fingerprint density at radius 3 is 2.40 bits per heavy atom. The van der Waals surface area contributed by atoms with E-state index in [9.17, 15) is 8.42 Å². The summed E-state index contributed by atoms with van der Waals surface area (Å²) in [6.07, 6.45) is 0. The predicted octanol–water partition coefficient (Wildman–Crippen LogP) is 1.98. The molecule has 15 heavy (non-hydrogen) atoms. The van der Waals surface area contributed by atoms with Gasteiger partial charge in [0.15, 0.2) is 0 Å². The number of halogens is 1. The van der Waals surface area contributed by atoms with Gasteiger partial charge in [-0.15, -0.1) is 0 Å². The smallest absolute Gasteiger partial charge is 0.271 e. The van der Waals surface area contributed by atoms with Gasteiger partial charge in [0.2, 0.25) is 0 Å². The van der Waals surface area contributed by atoms with Gasteiger partial charge < -0.3 is 0 Å². The summed E-state index contributed by atoms with van der Waals surface area (Å²) >= 11 is 3.32. The van der Waals surface area contributed by atoms with Crippen molar-refractivity contribution in [1.82, 2.24) is 4.31 Å². The molecule has 0 radical (unpaired) electrons. The Morgan fingerprint density at radius 1 is 1.33 bits per heavy atom. The molecule has 0 spiro atoms. The van der Waals surface area contributed by atoms with Crippen LogP contribution >= 0.6 is 15.9 Å². The summed E-state index contributed by atoms with van der Waals surface area (Å²) in [6, 6.07) is 5.37. The molecule has 0 aliphatic rings. The van der Waals surface area contributed by atoms with Crippen molar-refractivity contribution in [2.45, 2.75) is 6.92 Å². The molecule has 0 fully saturated rings. The minimum Gasteiger partial charge on any atom is -0.271 e. The first-order valence-corrected chi connectivity index (χ1v) is 6.52. The second kappa shape index (κ2) is 4.51. The van der Waals surface area contributed by atoms with Gasteiger partial charge in [-0.2, -0.15) is 12.7 Å². The van der Waals surface area contributed by atoms with Crippen molar-refractivity contribution in [2.24, 2.45) is 0 Å². The molecule has 6 heteroatoms. The molecule has 0 heterocycles. The summed E-state index contributed by atoms with van der Waals surface area (Å²) in [5.74, 6) is 0. The molecule has 1 aromatic carbocycles. The van der Waals surface area contributed by atoms with E-state index in [1.165, 1.54) is 14.1 Å². The zero-order valence-electron chi connectivity index (χ0n) is 8.78. The summed E-state index contributed by atoms with van der Waals surface area (Å²) in [6.45, 7) is 1.85. The summed E-state index contributed by atoms with van der Waals surface area (Å²) in [4.78, 5) is 0. The van der Waals surface area contributed by atoms with Gasteiger partial charge in [-0.1, -0.05) is 15.9 Å². The van der Waals surface area contributed by atoms with Crippen LogP contribution in [0.15, 0.2) is 22.7 Å². The highest BCUT2D eigenvalue weighted by Crippen LogP contribution is 2.21. The molecule has 1 aromatic rings. The predicted molar refractivity (Wildman–Crippen MR) is 65.1 cm³/mol. The van der Waals surface area contributed by atoms with Crippen LogP contribution in [-0.2, 0) is 10.2 Å². The van der Waals surface area contributed by atoms with Gasteiger partial charge in [0.05, 0.1) is 5.69 Å². The van der Waals surface area contributed by atoms with Crippen LogP contribution in [0.2, 0.25) is 0 Å². The van der Waals surface area contributed by atoms with Gasteiger partial charge in [0.1, 0.15) is 0 Å². The number of hydrogen-bond acceptors (Lipinski definition) is 2. The quantitative estimate of drug-likeness (QED) is 0.926. The minimum absolute atomic E-state index is 0.590. The first-order chi connectivity index (χ1) is 6.83. The van der Waals surface area contributed by atoms with Gasteiger partial charge in [-0.25, -0.2) is 0 Å². The van der Waals surface area contributed by atoms with E-state index in [0.717, 1.165) is 14.3 Å². The number of aryl methyl sites for hydroxylation is 1. The van der Waals surface area contributed by atoms with Crippen LogP contribution in [0, 0.1) is 6.92 Å². The van der Waals surface area contributed by atoms with Crippen LogP contribution in [-0.4, -0.2) is 26.8 Å². The molecule has 1 rings (SSSR count). The van der Waals surface area contributed by atoms with Gasteiger partial charge in [0, 0.05) is 18.6 Å². The van der Waals surface area contributed by atoms with Crippen LogP contribution in [0.1, 0.15) is 5.56 Å². The summed E-state index contributed by atoms with van der Waals surface area (Å²) in [5, 5.41) is 0. The third-order valence-corrected chi connectivity index (χ3v) is 3.84. The highest BCUT2D eigenvalue weighted by Gasteiger charge is 2.13. The Kier molecular flexibility index (Phi) is 3.75. The molecular formula is C9H13BrN2O2S. The number of benzene rings is 1. The van der Waals surface area contributed by atoms with Crippen molar-refractivity contribution in [1.29, 1.82) is 0 Å². The highest BCUT2D eigenvalue weighted by molar-refractivity contribution is 9.10. The lowest BCUT2D eigenvalue weighted by Gasteiger charge is -2.14. The molecule has 4 nitrogen and oxygen atoms in total. The number of anilines is 1. The second-order valence-electron chi connectivity index (χ2n) is 3.35. The van der Waals surface area contributed by atoms with E-state index in [0.29, 0.717) is 5.69 Å². The Bertz CT molecular complexity index is 457. The maximum absolute atomic E-state index is 11.5. The molecule has 0 aromatic heterocycles.